The number of hydrogen-bond donors (Lipinski definition) is 2. The van der Waals surface area contributed by atoms with Gasteiger partial charge in [0, 0.05) is 55.6 Å². The Morgan fingerprint density at radius 1 is 1.05 bits per heavy atom. The Bertz CT molecular complexity index is 1370. The Morgan fingerprint density at radius 2 is 1.81 bits per heavy atom. The number of aryl methyl sites for hydroxylation is 1. The second-order valence-corrected chi connectivity index (χ2v) is 14.0. The predicted octanol–water partition coefficient (Wildman–Crippen LogP) is 7.41. The van der Waals surface area contributed by atoms with Crippen LogP contribution in [-0.2, 0) is 20.4 Å². The van der Waals surface area contributed by atoms with Gasteiger partial charge in [0.1, 0.15) is 0 Å². The molecule has 1 aromatic heterocycles. The molecule has 42 heavy (non-hydrogen) atoms. The summed E-state index contributed by atoms with van der Waals surface area (Å²) in [4.78, 5) is 25.6. The van der Waals surface area contributed by atoms with Crippen LogP contribution in [0, 0.1) is 18.8 Å². The molecule has 1 saturated carbocycles. The van der Waals surface area contributed by atoms with Gasteiger partial charge in [-0.25, -0.2) is 9.65 Å². The SMILES string of the molecule is CCOP(=O)(O)NCCC1CCN(C(=O)CC(c2cccc(C)c2)c2cn(CC3CCCCC3)c3ccccc23)CC1. The van der Waals surface area contributed by atoms with Crippen LogP contribution in [-0.4, -0.2) is 46.5 Å². The largest absolute Gasteiger partial charge is 0.402 e. The Hall–Kier alpha value is -2.44. The molecule has 7 nitrogen and oxygen atoms in total. The summed E-state index contributed by atoms with van der Waals surface area (Å²) in [6.07, 6.45) is 12.1. The summed E-state index contributed by atoms with van der Waals surface area (Å²) in [6.45, 7) is 6.98. The number of hydrogen-bond acceptors (Lipinski definition) is 3. The smallest absolute Gasteiger partial charge is 0.347 e. The average molecular weight is 594 g/mol. The number of para-hydroxylation sites is 1. The number of fused-ring (bicyclic) bond motifs is 1. The van der Waals surface area contributed by atoms with E-state index in [1.54, 1.807) is 6.92 Å². The quantitative estimate of drug-likeness (QED) is 0.214. The zero-order valence-electron chi connectivity index (χ0n) is 25.3. The number of aromatic nitrogens is 1. The molecule has 5 rings (SSSR count). The minimum atomic E-state index is -3.71. The number of piperidine rings is 1. The van der Waals surface area contributed by atoms with Crippen molar-refractivity contribution in [3.63, 3.8) is 0 Å². The van der Waals surface area contributed by atoms with E-state index in [1.165, 1.54) is 59.7 Å². The second kappa shape index (κ2) is 14.4. The first kappa shape index (κ1) is 31.0. The molecule has 2 fully saturated rings. The fourth-order valence-corrected chi connectivity index (χ4v) is 7.90. The minimum Gasteiger partial charge on any atom is -0.347 e. The van der Waals surface area contributed by atoms with Crippen LogP contribution >= 0.6 is 7.75 Å². The minimum absolute atomic E-state index is 0.00547. The molecule has 2 atom stereocenters. The number of benzene rings is 2. The van der Waals surface area contributed by atoms with E-state index in [0.717, 1.165) is 44.8 Å². The number of amides is 1. The van der Waals surface area contributed by atoms with Crippen LogP contribution in [0.15, 0.2) is 54.7 Å². The van der Waals surface area contributed by atoms with Crippen LogP contribution < -0.4 is 5.09 Å². The van der Waals surface area contributed by atoms with E-state index in [1.807, 2.05) is 4.90 Å². The van der Waals surface area contributed by atoms with Gasteiger partial charge in [0.05, 0.1) is 6.61 Å². The topological polar surface area (TPSA) is 83.8 Å². The van der Waals surface area contributed by atoms with E-state index in [-0.39, 0.29) is 18.4 Å². The number of likely N-dealkylation sites (tertiary alicyclic amines) is 1. The van der Waals surface area contributed by atoms with Crippen molar-refractivity contribution < 1.29 is 18.8 Å². The molecule has 1 amide bonds. The fraction of sp³-hybridized carbons (Fsp3) is 0.559. The summed E-state index contributed by atoms with van der Waals surface area (Å²) in [6, 6.07) is 17.4. The van der Waals surface area contributed by atoms with E-state index in [9.17, 15) is 14.3 Å². The monoisotopic (exact) mass is 593 g/mol. The lowest BCUT2D eigenvalue weighted by Gasteiger charge is -2.33. The van der Waals surface area contributed by atoms with Crippen LogP contribution in [0.2, 0.25) is 0 Å². The van der Waals surface area contributed by atoms with E-state index in [0.29, 0.717) is 18.9 Å². The maximum absolute atomic E-state index is 13.8. The molecule has 1 aliphatic carbocycles. The third kappa shape index (κ3) is 7.93. The Labute approximate surface area is 251 Å². The maximum atomic E-state index is 13.8. The van der Waals surface area contributed by atoms with Crippen molar-refractivity contribution in [2.45, 2.75) is 84.1 Å². The molecule has 3 aromatic rings. The molecule has 0 spiro atoms. The van der Waals surface area contributed by atoms with Crippen molar-refractivity contribution in [3.05, 3.63) is 71.4 Å². The van der Waals surface area contributed by atoms with Gasteiger partial charge in [0.25, 0.3) is 0 Å². The maximum Gasteiger partial charge on any atom is 0.402 e. The number of carbonyl (C=O) groups excluding carboxylic acids is 1. The molecular formula is C34H48N3O4P. The highest BCUT2D eigenvalue weighted by molar-refractivity contribution is 7.50. The molecule has 2 aliphatic rings. The summed E-state index contributed by atoms with van der Waals surface area (Å²) < 4.78 is 19.3. The summed E-state index contributed by atoms with van der Waals surface area (Å²) >= 11 is 0. The Kier molecular flexibility index (Phi) is 10.6. The standard InChI is InChI=1S/C34H48N3O4P/c1-3-41-42(39,40)35-19-16-27-17-20-36(21-18-27)34(38)23-31(29-13-9-10-26(2)22-29)32-25-37(24-28-11-5-4-6-12-28)33-15-8-7-14-30(32)33/h7-10,13-15,22,25,27-28,31H,3-6,11-12,16-21,23-24H2,1-2H3,(H2,35,39,40). The lowest BCUT2D eigenvalue weighted by atomic mass is 9.86. The number of nitrogens with zero attached hydrogens (tertiary/aromatic N) is 2. The molecule has 228 valence electrons. The Balaban J connectivity index is 1.30. The van der Waals surface area contributed by atoms with Gasteiger partial charge < -0.3 is 14.4 Å². The van der Waals surface area contributed by atoms with Crippen LogP contribution in [0.4, 0.5) is 0 Å². The number of nitrogens with one attached hydrogen (secondary N) is 1. The third-order valence-electron chi connectivity index (χ3n) is 9.33. The molecule has 1 aliphatic heterocycles. The van der Waals surface area contributed by atoms with Crippen molar-refractivity contribution in [1.29, 1.82) is 0 Å². The summed E-state index contributed by atoms with van der Waals surface area (Å²) in [5, 5.41) is 3.91. The van der Waals surface area contributed by atoms with Crippen molar-refractivity contribution in [2.75, 3.05) is 26.2 Å². The van der Waals surface area contributed by atoms with Gasteiger partial charge in [0.15, 0.2) is 0 Å². The van der Waals surface area contributed by atoms with E-state index >= 15 is 0 Å². The summed E-state index contributed by atoms with van der Waals surface area (Å²) in [7, 11) is -3.71. The number of rotatable bonds is 12. The molecule has 2 N–H and O–H groups in total. The first-order valence-electron chi connectivity index (χ1n) is 16.0. The van der Waals surface area contributed by atoms with Crippen molar-refractivity contribution in [2.24, 2.45) is 11.8 Å². The van der Waals surface area contributed by atoms with E-state index in [4.69, 9.17) is 4.52 Å². The molecule has 0 bridgehead atoms. The van der Waals surface area contributed by atoms with Crippen LogP contribution in [0.5, 0.6) is 0 Å². The van der Waals surface area contributed by atoms with Gasteiger partial charge in [-0.3, -0.25) is 9.32 Å². The van der Waals surface area contributed by atoms with Gasteiger partial charge in [-0.05, 0) is 75.0 Å². The number of carbonyl (C=O) groups is 1. The molecular weight excluding hydrogens is 545 g/mol. The summed E-state index contributed by atoms with van der Waals surface area (Å²) in [5.41, 5.74) is 4.94. The van der Waals surface area contributed by atoms with Gasteiger partial charge in [-0.2, -0.15) is 0 Å². The molecule has 0 radical (unpaired) electrons. The first-order valence-corrected chi connectivity index (χ1v) is 17.5. The molecule has 1 saturated heterocycles. The normalized spacial score (nSPS) is 19.2. The summed E-state index contributed by atoms with van der Waals surface area (Å²) in [5.74, 6) is 1.35. The zero-order valence-corrected chi connectivity index (χ0v) is 26.2. The van der Waals surface area contributed by atoms with Crippen LogP contribution in [0.25, 0.3) is 10.9 Å². The van der Waals surface area contributed by atoms with E-state index < -0.39 is 7.75 Å². The highest BCUT2D eigenvalue weighted by Gasteiger charge is 2.29. The second-order valence-electron chi connectivity index (χ2n) is 12.4. The van der Waals surface area contributed by atoms with Crippen molar-refractivity contribution in [1.82, 2.24) is 14.6 Å². The zero-order chi connectivity index (χ0) is 29.5. The van der Waals surface area contributed by atoms with Crippen molar-refractivity contribution >= 4 is 24.6 Å². The highest BCUT2D eigenvalue weighted by atomic mass is 31.2. The first-order chi connectivity index (χ1) is 20.3. The van der Waals surface area contributed by atoms with Gasteiger partial charge >= 0.3 is 7.75 Å². The predicted molar refractivity (Wildman–Crippen MR) is 170 cm³/mol. The lowest BCUT2D eigenvalue weighted by Crippen LogP contribution is -2.39. The molecule has 2 aromatic carbocycles. The van der Waals surface area contributed by atoms with Gasteiger partial charge in [-0.1, -0.05) is 67.3 Å². The van der Waals surface area contributed by atoms with Crippen LogP contribution in [0.3, 0.4) is 0 Å². The Morgan fingerprint density at radius 3 is 2.55 bits per heavy atom. The van der Waals surface area contributed by atoms with Crippen LogP contribution in [0.1, 0.15) is 87.3 Å². The third-order valence-corrected chi connectivity index (χ3v) is 10.6. The molecule has 8 heteroatoms. The fourth-order valence-electron chi connectivity index (χ4n) is 7.05. The van der Waals surface area contributed by atoms with Gasteiger partial charge in [0.2, 0.25) is 5.91 Å². The van der Waals surface area contributed by atoms with E-state index in [2.05, 4.69) is 71.3 Å². The average Bonchev–Trinajstić information content (AvgIpc) is 3.34. The van der Waals surface area contributed by atoms with Crippen molar-refractivity contribution in [3.8, 4) is 0 Å². The molecule has 2 heterocycles. The molecule has 2 unspecified atom stereocenters. The lowest BCUT2D eigenvalue weighted by molar-refractivity contribution is -0.132. The highest BCUT2D eigenvalue weighted by Crippen LogP contribution is 2.38. The van der Waals surface area contributed by atoms with Gasteiger partial charge in [-0.15, -0.1) is 0 Å².